The van der Waals surface area contributed by atoms with Crippen molar-refractivity contribution in [1.82, 2.24) is 14.8 Å². The number of aromatic nitrogens is 3. The molecule has 0 saturated heterocycles. The molecule has 0 fully saturated rings. The van der Waals surface area contributed by atoms with Gasteiger partial charge in [0.25, 0.3) is 0 Å². The molecular weight excluding hydrogens is 358 g/mol. The summed E-state index contributed by atoms with van der Waals surface area (Å²) in [4.78, 5) is 28.5. The number of anilines is 2. The minimum atomic E-state index is -0.403. The van der Waals surface area contributed by atoms with Crippen LogP contribution < -0.4 is 10.6 Å². The fourth-order valence-corrected chi connectivity index (χ4v) is 2.76. The lowest BCUT2D eigenvalue weighted by atomic mass is 10.2. The Balaban J connectivity index is 1.73. The average Bonchev–Trinajstić information content (AvgIpc) is 2.97. The summed E-state index contributed by atoms with van der Waals surface area (Å²) in [5.41, 5.74) is 2.88. The fourth-order valence-electron chi connectivity index (χ4n) is 2.76. The Bertz CT molecular complexity index is 981. The summed E-state index contributed by atoms with van der Waals surface area (Å²) in [5, 5.41) is 9.84. The van der Waals surface area contributed by atoms with Gasteiger partial charge in [-0.1, -0.05) is 18.2 Å². The number of nitrogens with zero attached hydrogens (tertiary/aromatic N) is 3. The lowest BCUT2D eigenvalue weighted by Gasteiger charge is -2.09. The number of hydrogen-bond acceptors (Lipinski definition) is 5. The van der Waals surface area contributed by atoms with Gasteiger partial charge in [0.1, 0.15) is 5.56 Å². The Labute approximate surface area is 162 Å². The lowest BCUT2D eigenvalue weighted by molar-refractivity contribution is 0.0524. The number of urea groups is 1. The van der Waals surface area contributed by atoms with Crippen molar-refractivity contribution in [2.24, 2.45) is 0 Å². The first-order chi connectivity index (χ1) is 13.5. The highest BCUT2D eigenvalue weighted by molar-refractivity contribution is 5.99. The number of ether oxygens (including phenoxy) is 1. The van der Waals surface area contributed by atoms with Gasteiger partial charge in [-0.05, 0) is 45.0 Å². The van der Waals surface area contributed by atoms with E-state index in [2.05, 4.69) is 20.7 Å². The van der Waals surface area contributed by atoms with E-state index in [-0.39, 0.29) is 6.03 Å². The van der Waals surface area contributed by atoms with Crippen molar-refractivity contribution < 1.29 is 14.3 Å². The Morgan fingerprint density at radius 3 is 2.39 bits per heavy atom. The van der Waals surface area contributed by atoms with Crippen molar-refractivity contribution >= 4 is 23.4 Å². The smallest absolute Gasteiger partial charge is 0.341 e. The van der Waals surface area contributed by atoms with Gasteiger partial charge in [-0.2, -0.15) is 5.10 Å². The Hall–Kier alpha value is -3.68. The molecule has 2 amide bonds. The SMILES string of the molecule is CCOC(=O)c1c(C)nn(-c2ccc(NC(=O)Nc3ccccc3)cn2)c1C. The second kappa shape index (κ2) is 8.34. The maximum Gasteiger partial charge on any atom is 0.341 e. The van der Waals surface area contributed by atoms with Gasteiger partial charge in [0.15, 0.2) is 5.82 Å². The second-order valence-electron chi connectivity index (χ2n) is 6.03. The first kappa shape index (κ1) is 19.1. The van der Waals surface area contributed by atoms with Crippen LogP contribution in [0.15, 0.2) is 48.7 Å². The molecule has 0 spiro atoms. The number of aryl methyl sites for hydroxylation is 1. The largest absolute Gasteiger partial charge is 0.462 e. The van der Waals surface area contributed by atoms with Gasteiger partial charge >= 0.3 is 12.0 Å². The van der Waals surface area contributed by atoms with Crippen molar-refractivity contribution in [3.63, 3.8) is 0 Å². The third-order valence-corrected chi connectivity index (χ3v) is 4.03. The summed E-state index contributed by atoms with van der Waals surface area (Å²) >= 11 is 0. The number of pyridine rings is 1. The number of rotatable bonds is 5. The predicted molar refractivity (Wildman–Crippen MR) is 106 cm³/mol. The summed E-state index contributed by atoms with van der Waals surface area (Å²) in [6.07, 6.45) is 1.53. The third-order valence-electron chi connectivity index (χ3n) is 4.03. The van der Waals surface area contributed by atoms with Crippen molar-refractivity contribution in [3.05, 3.63) is 65.6 Å². The summed E-state index contributed by atoms with van der Waals surface area (Å²) in [6, 6.07) is 12.2. The zero-order chi connectivity index (χ0) is 20.1. The van der Waals surface area contributed by atoms with Gasteiger partial charge in [-0.3, -0.25) is 0 Å². The van der Waals surface area contributed by atoms with Crippen LogP contribution in [-0.2, 0) is 4.74 Å². The van der Waals surface area contributed by atoms with Crippen LogP contribution >= 0.6 is 0 Å². The topological polar surface area (TPSA) is 98.1 Å². The van der Waals surface area contributed by atoms with Gasteiger partial charge in [0.2, 0.25) is 0 Å². The number of hydrogen-bond donors (Lipinski definition) is 2. The van der Waals surface area contributed by atoms with Gasteiger partial charge in [0, 0.05) is 5.69 Å². The van der Waals surface area contributed by atoms with E-state index in [1.165, 1.54) is 6.20 Å². The minimum absolute atomic E-state index is 0.298. The van der Waals surface area contributed by atoms with Crippen molar-refractivity contribution in [3.8, 4) is 5.82 Å². The molecule has 3 rings (SSSR count). The molecule has 8 nitrogen and oxygen atoms in total. The van der Waals surface area contributed by atoms with Crippen LogP contribution in [0.2, 0.25) is 0 Å². The summed E-state index contributed by atoms with van der Waals surface area (Å²) in [5.74, 6) is 0.129. The third kappa shape index (κ3) is 4.17. The molecule has 0 aliphatic rings. The minimum Gasteiger partial charge on any atom is -0.462 e. The van der Waals surface area contributed by atoms with Crippen LogP contribution in [-0.4, -0.2) is 33.4 Å². The van der Waals surface area contributed by atoms with Crippen LogP contribution in [0.5, 0.6) is 0 Å². The fraction of sp³-hybridized carbons (Fsp3) is 0.200. The van der Waals surface area contributed by atoms with Crippen molar-refractivity contribution in [1.29, 1.82) is 0 Å². The number of esters is 1. The first-order valence-corrected chi connectivity index (χ1v) is 8.82. The highest BCUT2D eigenvalue weighted by atomic mass is 16.5. The number of amides is 2. The molecule has 2 aromatic heterocycles. The number of carbonyl (C=O) groups excluding carboxylic acids is 2. The molecule has 144 valence electrons. The number of para-hydroxylation sites is 1. The van der Waals surface area contributed by atoms with Crippen molar-refractivity contribution in [2.75, 3.05) is 17.2 Å². The zero-order valence-corrected chi connectivity index (χ0v) is 15.9. The average molecular weight is 379 g/mol. The molecule has 0 aliphatic carbocycles. The zero-order valence-electron chi connectivity index (χ0n) is 15.9. The quantitative estimate of drug-likeness (QED) is 0.659. The van der Waals surface area contributed by atoms with Crippen LogP contribution in [0.25, 0.3) is 5.82 Å². The van der Waals surface area contributed by atoms with Crippen LogP contribution in [0.3, 0.4) is 0 Å². The molecule has 0 aliphatic heterocycles. The van der Waals surface area contributed by atoms with E-state index in [9.17, 15) is 9.59 Å². The summed E-state index contributed by atoms with van der Waals surface area (Å²) in [6.45, 7) is 5.59. The molecule has 8 heteroatoms. The van der Waals surface area contributed by atoms with E-state index in [1.807, 2.05) is 18.2 Å². The first-order valence-electron chi connectivity index (χ1n) is 8.82. The lowest BCUT2D eigenvalue weighted by Crippen LogP contribution is -2.19. The molecule has 0 unspecified atom stereocenters. The molecule has 0 atom stereocenters. The Morgan fingerprint density at radius 2 is 1.75 bits per heavy atom. The maximum absolute atomic E-state index is 12.1. The molecule has 2 heterocycles. The number of carbonyl (C=O) groups is 2. The van der Waals surface area contributed by atoms with Crippen LogP contribution in [0.1, 0.15) is 28.7 Å². The molecule has 1 aromatic carbocycles. The summed E-state index contributed by atoms with van der Waals surface area (Å²) < 4.78 is 6.66. The van der Waals surface area contributed by atoms with Crippen LogP contribution in [0.4, 0.5) is 16.2 Å². The predicted octanol–water partition coefficient (Wildman–Crippen LogP) is 3.70. The van der Waals surface area contributed by atoms with Gasteiger partial charge in [-0.15, -0.1) is 0 Å². The maximum atomic E-state index is 12.1. The number of nitrogens with one attached hydrogen (secondary N) is 2. The molecule has 0 radical (unpaired) electrons. The monoisotopic (exact) mass is 379 g/mol. The van der Waals surface area contributed by atoms with Gasteiger partial charge in [0.05, 0.1) is 29.9 Å². The normalized spacial score (nSPS) is 10.4. The Kier molecular flexibility index (Phi) is 5.69. The molecule has 0 saturated carbocycles. The van der Waals surface area contributed by atoms with E-state index in [4.69, 9.17) is 4.74 Å². The van der Waals surface area contributed by atoms with E-state index < -0.39 is 5.97 Å². The van der Waals surface area contributed by atoms with E-state index in [0.29, 0.717) is 40.8 Å². The second-order valence-corrected chi connectivity index (χ2v) is 6.03. The molecule has 28 heavy (non-hydrogen) atoms. The summed E-state index contributed by atoms with van der Waals surface area (Å²) in [7, 11) is 0. The highest BCUT2D eigenvalue weighted by Crippen LogP contribution is 2.19. The molecular formula is C20H21N5O3. The molecule has 3 aromatic rings. The van der Waals surface area contributed by atoms with E-state index >= 15 is 0 Å². The van der Waals surface area contributed by atoms with Gasteiger partial charge in [-0.25, -0.2) is 19.3 Å². The van der Waals surface area contributed by atoms with E-state index in [0.717, 1.165) is 0 Å². The van der Waals surface area contributed by atoms with Crippen LogP contribution in [0, 0.1) is 13.8 Å². The standard InChI is InChI=1S/C20H21N5O3/c1-4-28-19(26)18-13(2)24-25(14(18)3)17-11-10-16(12-21-17)23-20(27)22-15-8-6-5-7-9-15/h5-12H,4H2,1-3H3,(H2,22,23,27). The van der Waals surface area contributed by atoms with Gasteiger partial charge < -0.3 is 15.4 Å². The Morgan fingerprint density at radius 1 is 1.04 bits per heavy atom. The van der Waals surface area contributed by atoms with Crippen molar-refractivity contribution in [2.45, 2.75) is 20.8 Å². The van der Waals surface area contributed by atoms with E-state index in [1.54, 1.807) is 49.7 Å². The molecule has 0 bridgehead atoms. The number of benzene rings is 1. The molecule has 2 N–H and O–H groups in total. The highest BCUT2D eigenvalue weighted by Gasteiger charge is 2.20.